The van der Waals surface area contributed by atoms with E-state index in [0.717, 1.165) is 11.1 Å². The third-order valence-corrected chi connectivity index (χ3v) is 6.24. The van der Waals surface area contributed by atoms with Gasteiger partial charge in [0.2, 0.25) is 0 Å². The van der Waals surface area contributed by atoms with Crippen molar-refractivity contribution in [1.82, 2.24) is 15.0 Å². The molecule has 1 aliphatic carbocycles. The number of aromatic nitrogens is 3. The summed E-state index contributed by atoms with van der Waals surface area (Å²) in [4.78, 5) is 23.3. The summed E-state index contributed by atoms with van der Waals surface area (Å²) in [5.74, 6) is 0.633. The predicted octanol–water partition coefficient (Wildman–Crippen LogP) is 5.62. The number of nitrogens with one attached hydrogen (secondary N) is 1. The lowest BCUT2D eigenvalue weighted by Gasteiger charge is -2.21. The molecule has 3 aromatic rings. The molecule has 180 valence electrons. The number of aromatic amines is 1. The van der Waals surface area contributed by atoms with Crippen molar-refractivity contribution in [2.75, 3.05) is 13.7 Å². The fraction of sp³-hybridized carbons (Fsp3) is 0.400. The molecule has 0 aliphatic heterocycles. The van der Waals surface area contributed by atoms with E-state index in [-0.39, 0.29) is 31.1 Å². The number of H-pyrrole nitrogens is 1. The number of alkyl halides is 3. The van der Waals surface area contributed by atoms with Gasteiger partial charge in [-0.15, -0.1) is 0 Å². The summed E-state index contributed by atoms with van der Waals surface area (Å²) in [6.07, 6.45) is -1.24. The Morgan fingerprint density at radius 1 is 1.12 bits per heavy atom. The number of carbonyl (C=O) groups is 1. The lowest BCUT2D eigenvalue weighted by Crippen LogP contribution is -2.32. The lowest BCUT2D eigenvalue weighted by molar-refractivity contribution is -0.161. The molecule has 0 unspecified atom stereocenters. The molecule has 1 N–H and O–H groups in total. The fourth-order valence-corrected chi connectivity index (χ4v) is 3.81. The van der Waals surface area contributed by atoms with Crippen LogP contribution in [0.15, 0.2) is 42.7 Å². The van der Waals surface area contributed by atoms with Crippen LogP contribution in [0.2, 0.25) is 0 Å². The molecule has 9 heteroatoms. The molecule has 1 fully saturated rings. The number of rotatable bonds is 7. The standard InChI is InChI=1S/C25H26F3N3O3/c1-15-11-19(16-5-7-17(8-6-16)34-14-23(2,3)22(32)33-4)29-12-18(15)21-30-13-20(31-21)24(9-10-24)25(26,27)28/h5-8,11-13H,9-10,14H2,1-4H3,(H,30,31). The monoisotopic (exact) mass is 473 g/mol. The molecule has 1 aromatic carbocycles. The smallest absolute Gasteiger partial charge is 0.399 e. The summed E-state index contributed by atoms with van der Waals surface area (Å²) >= 11 is 0. The summed E-state index contributed by atoms with van der Waals surface area (Å²) in [6.45, 7) is 5.53. The number of methoxy groups -OCH3 is 1. The van der Waals surface area contributed by atoms with Crippen LogP contribution >= 0.6 is 0 Å². The number of ether oxygens (including phenoxy) is 2. The second-order valence-corrected chi connectivity index (χ2v) is 9.30. The summed E-state index contributed by atoms with van der Waals surface area (Å²) in [5, 5.41) is 0. The third-order valence-electron chi connectivity index (χ3n) is 6.24. The summed E-state index contributed by atoms with van der Waals surface area (Å²) in [5.41, 5.74) is 0.583. The van der Waals surface area contributed by atoms with E-state index in [2.05, 4.69) is 15.0 Å². The number of esters is 1. The minimum absolute atomic E-state index is 0.0776. The number of carbonyl (C=O) groups excluding carboxylic acids is 1. The van der Waals surface area contributed by atoms with Gasteiger partial charge in [-0.05, 0) is 69.5 Å². The number of hydrogen-bond acceptors (Lipinski definition) is 5. The van der Waals surface area contributed by atoms with Crippen molar-refractivity contribution in [3.05, 3.63) is 54.0 Å². The fourth-order valence-electron chi connectivity index (χ4n) is 3.81. The first-order valence-electron chi connectivity index (χ1n) is 10.9. The van der Waals surface area contributed by atoms with Crippen LogP contribution in [0, 0.1) is 12.3 Å². The van der Waals surface area contributed by atoms with E-state index in [1.807, 2.05) is 25.1 Å². The van der Waals surface area contributed by atoms with Crippen molar-refractivity contribution in [2.45, 2.75) is 45.2 Å². The Balaban J connectivity index is 1.48. The second-order valence-electron chi connectivity index (χ2n) is 9.30. The van der Waals surface area contributed by atoms with Crippen molar-refractivity contribution in [3.8, 4) is 28.4 Å². The minimum Gasteiger partial charge on any atom is -0.492 e. The van der Waals surface area contributed by atoms with Crippen LogP contribution in [0.1, 0.15) is 37.9 Å². The van der Waals surface area contributed by atoms with Crippen LogP contribution in [-0.4, -0.2) is 40.8 Å². The average molecular weight is 473 g/mol. The first kappa shape index (κ1) is 23.8. The first-order chi connectivity index (χ1) is 16.0. The van der Waals surface area contributed by atoms with Crippen molar-refractivity contribution in [3.63, 3.8) is 0 Å². The molecule has 2 aromatic heterocycles. The SMILES string of the molecule is COC(=O)C(C)(C)COc1ccc(-c2cc(C)c(-c3ncc(C4(C(F)(F)F)CC4)[nH]3)cn2)cc1. The predicted molar refractivity (Wildman–Crippen MR) is 120 cm³/mol. The molecule has 2 heterocycles. The number of nitrogens with zero attached hydrogens (tertiary/aromatic N) is 2. The Labute approximate surface area is 195 Å². The number of hydrogen-bond donors (Lipinski definition) is 1. The lowest BCUT2D eigenvalue weighted by atomic mass is 9.95. The molecule has 0 radical (unpaired) electrons. The molecule has 1 aliphatic rings. The maximum absolute atomic E-state index is 13.4. The number of aryl methyl sites for hydroxylation is 1. The van der Waals surface area contributed by atoms with E-state index in [1.165, 1.54) is 13.3 Å². The molecule has 4 rings (SSSR count). The zero-order chi connectivity index (χ0) is 24.7. The zero-order valence-electron chi connectivity index (χ0n) is 19.4. The van der Waals surface area contributed by atoms with Crippen LogP contribution in [0.4, 0.5) is 13.2 Å². The summed E-state index contributed by atoms with van der Waals surface area (Å²) in [7, 11) is 1.34. The van der Waals surface area contributed by atoms with Gasteiger partial charge in [0.05, 0.1) is 23.9 Å². The quantitative estimate of drug-likeness (QED) is 0.451. The van der Waals surface area contributed by atoms with Gasteiger partial charge in [-0.2, -0.15) is 13.2 Å². The largest absolute Gasteiger partial charge is 0.492 e. The maximum atomic E-state index is 13.4. The van der Waals surface area contributed by atoms with Gasteiger partial charge >= 0.3 is 12.1 Å². The highest BCUT2D eigenvalue weighted by Crippen LogP contribution is 2.58. The average Bonchev–Trinajstić information content (AvgIpc) is 3.49. The van der Waals surface area contributed by atoms with E-state index in [1.54, 1.807) is 32.2 Å². The van der Waals surface area contributed by atoms with Crippen molar-refractivity contribution < 1.29 is 27.4 Å². The Hall–Kier alpha value is -3.36. The molecule has 0 bridgehead atoms. The molecule has 0 spiro atoms. The van der Waals surface area contributed by atoms with Gasteiger partial charge in [-0.3, -0.25) is 9.78 Å². The van der Waals surface area contributed by atoms with Gasteiger partial charge in [-0.25, -0.2) is 4.98 Å². The highest BCUT2D eigenvalue weighted by Gasteiger charge is 2.65. The van der Waals surface area contributed by atoms with Crippen molar-refractivity contribution in [2.24, 2.45) is 5.41 Å². The van der Waals surface area contributed by atoms with Gasteiger partial charge in [0.25, 0.3) is 0 Å². The molecule has 1 saturated carbocycles. The number of pyridine rings is 1. The molecular weight excluding hydrogens is 447 g/mol. The van der Waals surface area contributed by atoms with Gasteiger partial charge in [0.15, 0.2) is 0 Å². The molecule has 0 atom stereocenters. The second kappa shape index (κ2) is 8.45. The molecule has 0 amide bonds. The summed E-state index contributed by atoms with van der Waals surface area (Å²) < 4.78 is 50.7. The van der Waals surface area contributed by atoms with E-state index in [4.69, 9.17) is 9.47 Å². The van der Waals surface area contributed by atoms with Gasteiger partial charge < -0.3 is 14.5 Å². The van der Waals surface area contributed by atoms with Crippen LogP contribution in [0.5, 0.6) is 5.75 Å². The minimum atomic E-state index is -4.29. The van der Waals surface area contributed by atoms with Crippen LogP contribution in [-0.2, 0) is 14.9 Å². The topological polar surface area (TPSA) is 77.1 Å². The number of halogens is 3. The first-order valence-corrected chi connectivity index (χ1v) is 10.9. The van der Waals surface area contributed by atoms with Crippen LogP contribution in [0.3, 0.4) is 0 Å². The van der Waals surface area contributed by atoms with Crippen LogP contribution in [0.25, 0.3) is 22.6 Å². The Kier molecular flexibility index (Phi) is 5.91. The summed E-state index contributed by atoms with van der Waals surface area (Å²) in [6, 6.07) is 9.15. The van der Waals surface area contributed by atoms with Gasteiger partial charge in [-0.1, -0.05) is 0 Å². The zero-order valence-corrected chi connectivity index (χ0v) is 19.4. The third kappa shape index (κ3) is 4.38. The van der Waals surface area contributed by atoms with E-state index >= 15 is 0 Å². The van der Waals surface area contributed by atoms with Gasteiger partial charge in [0.1, 0.15) is 23.6 Å². The Morgan fingerprint density at radius 3 is 2.35 bits per heavy atom. The number of imidazole rings is 1. The normalized spacial score (nSPS) is 15.1. The molecule has 34 heavy (non-hydrogen) atoms. The van der Waals surface area contributed by atoms with Crippen molar-refractivity contribution in [1.29, 1.82) is 0 Å². The van der Waals surface area contributed by atoms with E-state index in [9.17, 15) is 18.0 Å². The van der Waals surface area contributed by atoms with Crippen LogP contribution < -0.4 is 4.74 Å². The highest BCUT2D eigenvalue weighted by atomic mass is 19.4. The Bertz CT molecular complexity index is 1200. The van der Waals surface area contributed by atoms with Crippen molar-refractivity contribution >= 4 is 5.97 Å². The number of benzene rings is 1. The molecular formula is C25H26F3N3O3. The maximum Gasteiger partial charge on any atom is 0.399 e. The Morgan fingerprint density at radius 2 is 1.79 bits per heavy atom. The molecule has 0 saturated heterocycles. The van der Waals surface area contributed by atoms with E-state index in [0.29, 0.717) is 22.8 Å². The molecule has 6 nitrogen and oxygen atoms in total. The van der Waals surface area contributed by atoms with E-state index < -0.39 is 17.0 Å². The van der Waals surface area contributed by atoms with Gasteiger partial charge in [0, 0.05) is 23.5 Å². The highest BCUT2D eigenvalue weighted by molar-refractivity contribution is 5.76.